The van der Waals surface area contributed by atoms with Crippen molar-refractivity contribution >= 4 is 51.2 Å². The molecule has 0 atom stereocenters. The average molecular weight is 712 g/mol. The molecule has 0 fully saturated rings. The summed E-state index contributed by atoms with van der Waals surface area (Å²) in [5.41, 5.74) is 8.34. The molecule has 0 unspecified atom stereocenters. The first-order valence-electron chi connectivity index (χ1n) is 13.8. The molecule has 0 saturated heterocycles. The Hall–Kier alpha value is 0.233. The van der Waals surface area contributed by atoms with Gasteiger partial charge in [-0.25, -0.2) is 0 Å². The fourth-order valence-electron chi connectivity index (χ4n) is 4.17. The number of hydrogen-bond acceptors (Lipinski definition) is 8. The summed E-state index contributed by atoms with van der Waals surface area (Å²) in [5, 5.41) is 18.8. The first-order chi connectivity index (χ1) is 19.3. The third-order valence-electron chi connectivity index (χ3n) is 7.22. The summed E-state index contributed by atoms with van der Waals surface area (Å²) in [6.07, 6.45) is 3.76. The first-order valence-corrected chi connectivity index (χ1v) is 14.9. The van der Waals surface area contributed by atoms with E-state index in [4.69, 9.17) is 14.8 Å². The number of aliphatic imine (C=N–C) groups is 2. The van der Waals surface area contributed by atoms with E-state index in [9.17, 15) is 9.90 Å². The fraction of sp³-hybridized carbons (Fsp3) is 0.500. The summed E-state index contributed by atoms with van der Waals surface area (Å²) >= 11 is 3.33. The maximum Gasteiger partial charge on any atom is 1.00 e. The van der Waals surface area contributed by atoms with E-state index in [2.05, 4.69) is 90.5 Å². The van der Waals surface area contributed by atoms with Crippen LogP contribution in [0.1, 0.15) is 92.3 Å². The van der Waals surface area contributed by atoms with Gasteiger partial charge in [-0.15, -0.1) is 0 Å². The summed E-state index contributed by atoms with van der Waals surface area (Å²) in [6, 6.07) is 11.8. The van der Waals surface area contributed by atoms with Crippen molar-refractivity contribution in [3.05, 3.63) is 53.1 Å². The molecule has 43 heavy (non-hydrogen) atoms. The van der Waals surface area contributed by atoms with Gasteiger partial charge in [0.05, 0.1) is 18.0 Å². The third kappa shape index (κ3) is 14.7. The molecule has 0 aromatic heterocycles. The Morgan fingerprint density at radius 2 is 1.42 bits per heavy atom. The molecule has 0 bridgehead atoms. The molecule has 228 valence electrons. The second kappa shape index (κ2) is 22.7. The van der Waals surface area contributed by atoms with E-state index in [1.54, 1.807) is 12.1 Å². The van der Waals surface area contributed by atoms with Gasteiger partial charge in [-0.2, -0.15) is 0 Å². The van der Waals surface area contributed by atoms with Crippen molar-refractivity contribution in [1.82, 2.24) is 0 Å². The fourth-order valence-corrected chi connectivity index (χ4v) is 4.57. The molecule has 2 aliphatic rings. The Labute approximate surface area is 352 Å². The number of carbonyl (C=O) groups is 2. The number of unbranched alkanes of at least 4 members (excludes halogenated alkanes) is 2. The minimum Gasteiger partial charge on any atom is -1.00 e. The number of aromatic hydroxyl groups is 1. The average Bonchev–Trinajstić information content (AvgIpc) is 3.29. The summed E-state index contributed by atoms with van der Waals surface area (Å²) in [4.78, 5) is 31.0. The van der Waals surface area contributed by atoms with Crippen molar-refractivity contribution in [3.63, 3.8) is 0 Å². The Balaban J connectivity index is -0.000000525. The predicted octanol–water partition coefficient (Wildman–Crippen LogP) is 1.21. The Morgan fingerprint density at radius 1 is 0.930 bits per heavy atom. The zero-order chi connectivity index (χ0) is 31.2. The van der Waals surface area contributed by atoms with Gasteiger partial charge in [0.1, 0.15) is 5.75 Å². The molecule has 8 nitrogen and oxygen atoms in total. The van der Waals surface area contributed by atoms with Crippen LogP contribution in [0, 0.1) is 6.92 Å². The number of carbonyl (C=O) groups excluding carboxylic acids is 2. The number of phenols is 1. The zero-order valence-corrected chi connectivity index (χ0v) is 35.4. The van der Waals surface area contributed by atoms with Gasteiger partial charge in [-0.3, -0.25) is 19.6 Å². The van der Waals surface area contributed by atoms with Crippen LogP contribution in [-0.4, -0.2) is 40.9 Å². The topological polar surface area (TPSA) is 121 Å². The monoisotopic (exact) mass is 710 g/mol. The van der Waals surface area contributed by atoms with E-state index >= 15 is 0 Å². The van der Waals surface area contributed by atoms with Gasteiger partial charge in [0.2, 0.25) is 0 Å². The number of rotatable bonds is 7. The van der Waals surface area contributed by atoms with Crippen LogP contribution in [0.3, 0.4) is 0 Å². The molecule has 2 aromatic carbocycles. The van der Waals surface area contributed by atoms with Gasteiger partial charge in [-0.05, 0) is 75.9 Å². The van der Waals surface area contributed by atoms with Crippen LogP contribution in [0.15, 0.2) is 46.4 Å². The van der Waals surface area contributed by atoms with Crippen molar-refractivity contribution in [1.29, 1.82) is 0 Å². The summed E-state index contributed by atoms with van der Waals surface area (Å²) in [5.74, 6) is 0.249. The van der Waals surface area contributed by atoms with Crippen molar-refractivity contribution < 1.29 is 134 Å². The number of hydrogen-bond donors (Lipinski definition) is 1. The van der Waals surface area contributed by atoms with Crippen LogP contribution in [0.4, 0.5) is 11.4 Å². The quantitative estimate of drug-likeness (QED) is 0.0878. The molecule has 2 aromatic rings. The van der Waals surface area contributed by atoms with Gasteiger partial charge < -0.3 is 21.4 Å². The molecule has 4 rings (SSSR count). The number of ether oxygens (including phenoxy) is 1. The van der Waals surface area contributed by atoms with E-state index < -0.39 is 0 Å². The van der Waals surface area contributed by atoms with Crippen LogP contribution < -0.4 is 108 Å². The van der Waals surface area contributed by atoms with Crippen molar-refractivity contribution in [2.24, 2.45) is 9.98 Å². The van der Waals surface area contributed by atoms with Gasteiger partial charge >= 0.3 is 109 Å². The molecule has 2 aliphatic heterocycles. The molecule has 0 aliphatic carbocycles. The van der Waals surface area contributed by atoms with E-state index in [0.29, 0.717) is 18.8 Å². The number of nitrogens with zero attached hydrogens (tertiary/aromatic N) is 2. The van der Waals surface area contributed by atoms with Crippen molar-refractivity contribution in [2.75, 3.05) is 11.9 Å². The molecule has 0 amide bonds. The van der Waals surface area contributed by atoms with Gasteiger partial charge in [-0.1, -0.05) is 67.7 Å². The summed E-state index contributed by atoms with van der Waals surface area (Å²) < 4.78 is 4.77. The maximum atomic E-state index is 10.8. The number of phenolic OH excluding ortho intramolecular Hbond substituents is 1. The van der Waals surface area contributed by atoms with E-state index in [1.807, 2.05) is 19.9 Å². The van der Waals surface area contributed by atoms with Gasteiger partial charge in [0.25, 0.3) is 6.47 Å². The van der Waals surface area contributed by atoms with Crippen LogP contribution >= 0.6 is 15.9 Å². The molecular weight excluding hydrogens is 666 g/mol. The Kier molecular flexibility index (Phi) is 24.0. The number of aryl methyl sites for hydroxylation is 1. The maximum absolute atomic E-state index is 10.8. The third-order valence-corrected chi connectivity index (χ3v) is 7.78. The van der Waals surface area contributed by atoms with Gasteiger partial charge in [0.15, 0.2) is 0 Å². The van der Waals surface area contributed by atoms with Crippen LogP contribution in [-0.2, 0) is 30.0 Å². The van der Waals surface area contributed by atoms with Crippen molar-refractivity contribution in [2.45, 2.75) is 91.9 Å². The SMILES string of the molecule is CC1=Nc2ccc(C)cc2C1(C)C.CC1=Nc2ccc(O)cc2C1(C)C.CCOC(=O)CCCCCBr.O=CO[O-].[H-].[K+].[K+]. The molecule has 0 saturated carbocycles. The standard InChI is InChI=1S/C12H15N.C11H13NO.C8H15BrO2.CH2O3.2K.H/c1-8-5-6-11-10(7-8)12(3,4)9(2)13-11;1-7-11(2,3)9-6-8(13)4-5-10(9)12-7;1-2-11-8(10)6-4-3-5-7-9;2-1-4-3;;;/h5-7H,1-4H3;4-6,13H,1-3H3;2-7H2,1H3;1,3H;;;/q;;;;2*+1;-1/p-1. The molecule has 0 radical (unpaired) electrons. The molecule has 11 heteroatoms. The minimum absolute atomic E-state index is 0. The summed E-state index contributed by atoms with van der Waals surface area (Å²) in [6.45, 7) is 17.1. The smallest absolute Gasteiger partial charge is 1.00 e. The molecule has 0 spiro atoms. The van der Waals surface area contributed by atoms with E-state index in [-0.39, 0.29) is 127 Å². The molecule has 2 heterocycles. The number of halogens is 1. The minimum atomic E-state index is -0.181. The summed E-state index contributed by atoms with van der Waals surface area (Å²) in [7, 11) is 0. The largest absolute Gasteiger partial charge is 1.00 e. The molecule has 1 N–H and O–H groups in total. The van der Waals surface area contributed by atoms with Crippen LogP contribution in [0.2, 0.25) is 0 Å². The van der Waals surface area contributed by atoms with Gasteiger partial charge in [0, 0.05) is 34.0 Å². The first kappa shape index (κ1) is 45.4. The Morgan fingerprint density at radius 3 is 1.88 bits per heavy atom. The molecular formula is C32H45BrK2N2O6. The zero-order valence-electron chi connectivity index (χ0n) is 28.5. The number of esters is 1. The number of alkyl halides is 1. The van der Waals surface area contributed by atoms with E-state index in [0.717, 1.165) is 47.2 Å². The van der Waals surface area contributed by atoms with E-state index in [1.165, 1.54) is 16.8 Å². The second-order valence-corrected chi connectivity index (χ2v) is 11.7. The van der Waals surface area contributed by atoms with Crippen LogP contribution in [0.25, 0.3) is 0 Å². The second-order valence-electron chi connectivity index (χ2n) is 10.9. The normalized spacial score (nSPS) is 14.0. The predicted molar refractivity (Wildman–Crippen MR) is 168 cm³/mol. The van der Waals surface area contributed by atoms with Crippen LogP contribution in [0.5, 0.6) is 5.75 Å². The number of fused-ring (bicyclic) bond motifs is 2. The number of benzene rings is 2. The van der Waals surface area contributed by atoms with Crippen molar-refractivity contribution in [3.8, 4) is 5.75 Å². The Bertz CT molecular complexity index is 1160.